The average Bonchev–Trinajstić information content (AvgIpc) is 3.44. The van der Waals surface area contributed by atoms with Crippen molar-refractivity contribution in [3.05, 3.63) is 18.2 Å². The third-order valence-electron chi connectivity index (χ3n) is 4.77. The standard InChI is InChI=1S/C19H25N3O3/c1-14(15-4-5-15)22(9-2-8-20)13-19(23)21-16-6-7-17-18(12-16)25-11-3-10-24-17/h6-7,12,14-15H,2-5,9-11,13H2,1H3,(H,21,23)/t14-/m1/s1. The minimum atomic E-state index is -0.0695. The fourth-order valence-electron chi connectivity index (χ4n) is 3.12. The molecule has 1 aliphatic heterocycles. The molecule has 3 rings (SSSR count). The van der Waals surface area contributed by atoms with E-state index in [2.05, 4.69) is 23.2 Å². The Hall–Kier alpha value is -2.26. The Balaban J connectivity index is 1.60. The van der Waals surface area contributed by atoms with E-state index < -0.39 is 0 Å². The first-order valence-corrected chi connectivity index (χ1v) is 8.98. The van der Waals surface area contributed by atoms with Crippen LogP contribution in [0.4, 0.5) is 5.69 Å². The van der Waals surface area contributed by atoms with Crippen LogP contribution < -0.4 is 14.8 Å². The quantitative estimate of drug-likeness (QED) is 0.824. The summed E-state index contributed by atoms with van der Waals surface area (Å²) in [6, 6.07) is 7.97. The zero-order valence-corrected chi connectivity index (χ0v) is 14.7. The van der Waals surface area contributed by atoms with Gasteiger partial charge < -0.3 is 14.8 Å². The van der Waals surface area contributed by atoms with E-state index in [1.54, 1.807) is 0 Å². The predicted octanol–water partition coefficient (Wildman–Crippen LogP) is 2.80. The second-order valence-corrected chi connectivity index (χ2v) is 6.72. The summed E-state index contributed by atoms with van der Waals surface area (Å²) < 4.78 is 11.3. The second kappa shape index (κ2) is 8.21. The molecule has 6 nitrogen and oxygen atoms in total. The molecule has 1 heterocycles. The maximum absolute atomic E-state index is 12.5. The smallest absolute Gasteiger partial charge is 0.238 e. The molecule has 1 N–H and O–H groups in total. The Morgan fingerprint density at radius 1 is 1.36 bits per heavy atom. The van der Waals surface area contributed by atoms with E-state index >= 15 is 0 Å². The molecule has 6 heteroatoms. The molecule has 0 aromatic heterocycles. The molecular formula is C19H25N3O3. The molecule has 0 bridgehead atoms. The first-order valence-electron chi connectivity index (χ1n) is 8.98. The molecule has 2 aliphatic rings. The molecule has 1 fully saturated rings. The van der Waals surface area contributed by atoms with Crippen molar-refractivity contribution in [1.29, 1.82) is 5.26 Å². The molecule has 134 valence electrons. The van der Waals surface area contributed by atoms with Gasteiger partial charge >= 0.3 is 0 Å². The number of hydrogen-bond donors (Lipinski definition) is 1. The molecule has 0 spiro atoms. The maximum atomic E-state index is 12.5. The summed E-state index contributed by atoms with van der Waals surface area (Å²) in [4.78, 5) is 14.6. The molecule has 25 heavy (non-hydrogen) atoms. The molecule has 0 radical (unpaired) electrons. The number of nitriles is 1. The van der Waals surface area contributed by atoms with Crippen LogP contribution in [-0.4, -0.2) is 43.2 Å². The lowest BCUT2D eigenvalue weighted by Crippen LogP contribution is -2.41. The topological polar surface area (TPSA) is 74.6 Å². The van der Waals surface area contributed by atoms with Gasteiger partial charge in [-0.15, -0.1) is 0 Å². The Labute approximate surface area is 148 Å². The van der Waals surface area contributed by atoms with Crippen molar-refractivity contribution in [1.82, 2.24) is 4.90 Å². The van der Waals surface area contributed by atoms with Crippen molar-refractivity contribution < 1.29 is 14.3 Å². The third kappa shape index (κ3) is 4.86. The SMILES string of the molecule is C[C@H](C1CC1)N(CCC#N)CC(=O)Nc1ccc2c(c1)OCCCO2. The van der Waals surface area contributed by atoms with Gasteiger partial charge in [0.2, 0.25) is 5.91 Å². The van der Waals surface area contributed by atoms with Crippen LogP contribution in [-0.2, 0) is 4.79 Å². The fraction of sp³-hybridized carbons (Fsp3) is 0.579. The minimum Gasteiger partial charge on any atom is -0.490 e. The zero-order chi connectivity index (χ0) is 17.6. The molecule has 1 aromatic rings. The molecule has 1 aliphatic carbocycles. The average molecular weight is 343 g/mol. The number of hydrogen-bond acceptors (Lipinski definition) is 5. The number of carbonyl (C=O) groups excluding carboxylic acids is 1. The number of nitrogens with zero attached hydrogens (tertiary/aromatic N) is 2. The van der Waals surface area contributed by atoms with Gasteiger partial charge in [0.05, 0.1) is 25.8 Å². The minimum absolute atomic E-state index is 0.0695. The Kier molecular flexibility index (Phi) is 5.77. The van der Waals surface area contributed by atoms with Gasteiger partial charge in [0.1, 0.15) is 0 Å². The molecule has 1 aromatic carbocycles. The van der Waals surface area contributed by atoms with Crippen molar-refractivity contribution in [2.75, 3.05) is 31.6 Å². The summed E-state index contributed by atoms with van der Waals surface area (Å²) in [5.41, 5.74) is 0.702. The van der Waals surface area contributed by atoms with Crippen LogP contribution >= 0.6 is 0 Å². The largest absolute Gasteiger partial charge is 0.490 e. The van der Waals surface area contributed by atoms with E-state index in [-0.39, 0.29) is 5.91 Å². The van der Waals surface area contributed by atoms with Crippen LogP contribution in [0.1, 0.15) is 32.6 Å². The normalized spacial score (nSPS) is 17.5. The van der Waals surface area contributed by atoms with Gasteiger partial charge in [-0.3, -0.25) is 9.69 Å². The Morgan fingerprint density at radius 2 is 2.12 bits per heavy atom. The van der Waals surface area contributed by atoms with Crippen LogP contribution in [0.2, 0.25) is 0 Å². The van der Waals surface area contributed by atoms with E-state index in [0.29, 0.717) is 61.9 Å². The highest BCUT2D eigenvalue weighted by Crippen LogP contribution is 2.35. The number of nitrogens with one attached hydrogen (secondary N) is 1. The first kappa shape index (κ1) is 17.6. The number of amides is 1. The summed E-state index contributed by atoms with van der Waals surface area (Å²) in [7, 11) is 0. The van der Waals surface area contributed by atoms with Crippen molar-refractivity contribution in [2.45, 2.75) is 38.6 Å². The van der Waals surface area contributed by atoms with Crippen molar-refractivity contribution >= 4 is 11.6 Å². The van der Waals surface area contributed by atoms with E-state index in [1.807, 2.05) is 18.2 Å². The van der Waals surface area contributed by atoms with Gasteiger partial charge in [0.15, 0.2) is 11.5 Å². The number of benzene rings is 1. The number of ether oxygens (including phenoxy) is 2. The number of rotatable bonds is 7. The van der Waals surface area contributed by atoms with Crippen molar-refractivity contribution in [2.24, 2.45) is 5.92 Å². The van der Waals surface area contributed by atoms with Crippen LogP contribution in [0, 0.1) is 17.2 Å². The van der Waals surface area contributed by atoms with E-state index in [1.165, 1.54) is 12.8 Å². The zero-order valence-electron chi connectivity index (χ0n) is 14.7. The summed E-state index contributed by atoms with van der Waals surface area (Å²) in [5, 5.41) is 11.8. The van der Waals surface area contributed by atoms with Crippen LogP contribution in [0.3, 0.4) is 0 Å². The summed E-state index contributed by atoms with van der Waals surface area (Å²) in [6.45, 7) is 4.34. The van der Waals surface area contributed by atoms with Gasteiger partial charge in [0.25, 0.3) is 0 Å². The van der Waals surface area contributed by atoms with Crippen LogP contribution in [0.5, 0.6) is 11.5 Å². The highest BCUT2D eigenvalue weighted by Gasteiger charge is 2.32. The summed E-state index contributed by atoms with van der Waals surface area (Å²) in [5.74, 6) is 1.97. The second-order valence-electron chi connectivity index (χ2n) is 6.72. The monoisotopic (exact) mass is 343 g/mol. The Morgan fingerprint density at radius 3 is 2.84 bits per heavy atom. The predicted molar refractivity (Wildman–Crippen MR) is 94.7 cm³/mol. The van der Waals surface area contributed by atoms with Gasteiger partial charge in [-0.2, -0.15) is 5.26 Å². The van der Waals surface area contributed by atoms with Crippen molar-refractivity contribution in [3.8, 4) is 17.6 Å². The molecular weight excluding hydrogens is 318 g/mol. The van der Waals surface area contributed by atoms with Crippen molar-refractivity contribution in [3.63, 3.8) is 0 Å². The third-order valence-corrected chi connectivity index (χ3v) is 4.77. The van der Waals surface area contributed by atoms with Gasteiger partial charge in [-0.05, 0) is 37.8 Å². The van der Waals surface area contributed by atoms with Gasteiger partial charge in [-0.1, -0.05) is 0 Å². The number of fused-ring (bicyclic) bond motifs is 1. The van der Waals surface area contributed by atoms with E-state index in [4.69, 9.17) is 14.7 Å². The van der Waals surface area contributed by atoms with Crippen LogP contribution in [0.25, 0.3) is 0 Å². The molecule has 1 atom stereocenters. The number of carbonyl (C=O) groups is 1. The molecule has 0 unspecified atom stereocenters. The van der Waals surface area contributed by atoms with Crippen LogP contribution in [0.15, 0.2) is 18.2 Å². The summed E-state index contributed by atoms with van der Waals surface area (Å²) >= 11 is 0. The lowest BCUT2D eigenvalue weighted by molar-refractivity contribution is -0.117. The highest BCUT2D eigenvalue weighted by atomic mass is 16.5. The first-order chi connectivity index (χ1) is 12.2. The Bertz CT molecular complexity index is 652. The van der Waals surface area contributed by atoms with E-state index in [9.17, 15) is 4.79 Å². The molecule has 0 saturated heterocycles. The van der Waals surface area contributed by atoms with E-state index in [0.717, 1.165) is 6.42 Å². The summed E-state index contributed by atoms with van der Waals surface area (Å²) in [6.07, 6.45) is 3.72. The number of anilines is 1. The molecule has 1 saturated carbocycles. The maximum Gasteiger partial charge on any atom is 0.238 e. The lowest BCUT2D eigenvalue weighted by atomic mass is 10.1. The van der Waals surface area contributed by atoms with Gasteiger partial charge in [0, 0.05) is 37.2 Å². The van der Waals surface area contributed by atoms with Gasteiger partial charge in [-0.25, -0.2) is 0 Å². The fourth-order valence-corrected chi connectivity index (χ4v) is 3.12. The lowest BCUT2D eigenvalue weighted by Gasteiger charge is -2.27. The molecule has 1 amide bonds. The highest BCUT2D eigenvalue weighted by molar-refractivity contribution is 5.92.